The maximum absolute atomic E-state index is 13.0. The van der Waals surface area contributed by atoms with E-state index in [1.54, 1.807) is 6.92 Å². The van der Waals surface area contributed by atoms with Crippen LogP contribution in [-0.2, 0) is 30.5 Å². The van der Waals surface area contributed by atoms with Gasteiger partial charge in [0.25, 0.3) is 0 Å². The molecule has 1 aliphatic rings. The molecule has 2 N–H and O–H groups in total. The van der Waals surface area contributed by atoms with Gasteiger partial charge in [0.1, 0.15) is 18.9 Å². The SMILES string of the molecule is CC(=O)C(CCC(=O)O)CC(=O)C1(C)CCCN1C(=O)CNC(=O)OCc1ccccc1. The van der Waals surface area contributed by atoms with Crippen LogP contribution in [0.3, 0.4) is 0 Å². The Labute approximate surface area is 187 Å². The lowest BCUT2D eigenvalue weighted by molar-refractivity contribution is -0.143. The molecule has 0 saturated carbocycles. The molecule has 9 heteroatoms. The molecule has 1 aromatic rings. The van der Waals surface area contributed by atoms with Crippen molar-refractivity contribution < 1.29 is 33.8 Å². The monoisotopic (exact) mass is 446 g/mol. The number of carboxylic acid groups (broad SMARTS) is 1. The van der Waals surface area contributed by atoms with Crippen LogP contribution in [0.4, 0.5) is 4.79 Å². The minimum absolute atomic E-state index is 0.0730. The molecule has 1 saturated heterocycles. The first-order chi connectivity index (χ1) is 15.1. The van der Waals surface area contributed by atoms with Gasteiger partial charge in [0.15, 0.2) is 5.78 Å². The summed E-state index contributed by atoms with van der Waals surface area (Å²) in [4.78, 5) is 61.8. The standard InChI is InChI=1S/C23H30N2O7/c1-16(26)18(9-10-21(29)30)13-19(27)23(2)11-6-12-25(23)20(28)14-24-22(31)32-15-17-7-4-3-5-8-17/h3-5,7-8,18H,6,9-15H2,1-2H3,(H,24,31)(H,29,30). The predicted molar refractivity (Wildman–Crippen MR) is 115 cm³/mol. The summed E-state index contributed by atoms with van der Waals surface area (Å²) >= 11 is 0. The summed E-state index contributed by atoms with van der Waals surface area (Å²) in [5.74, 6) is -2.67. The minimum atomic E-state index is -1.09. The second-order valence-corrected chi connectivity index (χ2v) is 8.21. The molecule has 1 aromatic carbocycles. The largest absolute Gasteiger partial charge is 0.481 e. The normalized spacial score (nSPS) is 18.6. The number of hydrogen-bond donors (Lipinski definition) is 2. The molecule has 0 radical (unpaired) electrons. The number of Topliss-reactive ketones (excluding diaryl/α,β-unsaturated/α-hetero) is 2. The molecule has 1 aliphatic heterocycles. The lowest BCUT2D eigenvalue weighted by Crippen LogP contribution is -2.54. The van der Waals surface area contributed by atoms with E-state index < -0.39 is 29.4 Å². The highest BCUT2D eigenvalue weighted by Crippen LogP contribution is 2.32. The fraction of sp³-hybridized carbons (Fsp3) is 0.522. The van der Waals surface area contributed by atoms with Gasteiger partial charge in [-0.3, -0.25) is 19.2 Å². The third kappa shape index (κ3) is 6.90. The molecule has 0 aromatic heterocycles. The average Bonchev–Trinajstić information content (AvgIpc) is 3.16. The molecule has 2 rings (SSSR count). The molecule has 2 unspecified atom stereocenters. The van der Waals surface area contributed by atoms with Crippen LogP contribution in [-0.4, -0.2) is 58.2 Å². The number of likely N-dealkylation sites (tertiary alicyclic amines) is 1. The van der Waals surface area contributed by atoms with E-state index in [1.165, 1.54) is 11.8 Å². The topological polar surface area (TPSA) is 130 Å². The summed E-state index contributed by atoms with van der Waals surface area (Å²) in [5, 5.41) is 11.3. The summed E-state index contributed by atoms with van der Waals surface area (Å²) < 4.78 is 5.09. The van der Waals surface area contributed by atoms with Gasteiger partial charge in [-0.2, -0.15) is 0 Å². The quantitative estimate of drug-likeness (QED) is 0.533. The summed E-state index contributed by atoms with van der Waals surface area (Å²) in [7, 11) is 0. The highest BCUT2D eigenvalue weighted by molar-refractivity contribution is 5.96. The molecule has 0 bridgehead atoms. The number of hydrogen-bond acceptors (Lipinski definition) is 6. The molecule has 2 atom stereocenters. The first-order valence-corrected chi connectivity index (χ1v) is 10.6. The Hall–Kier alpha value is -3.23. The summed E-state index contributed by atoms with van der Waals surface area (Å²) in [6.07, 6.45) is 0.0855. The molecular weight excluding hydrogens is 416 g/mol. The van der Waals surface area contributed by atoms with Gasteiger partial charge in [-0.1, -0.05) is 30.3 Å². The Morgan fingerprint density at radius 3 is 2.50 bits per heavy atom. The molecule has 32 heavy (non-hydrogen) atoms. The van der Waals surface area contributed by atoms with Crippen LogP contribution < -0.4 is 5.32 Å². The minimum Gasteiger partial charge on any atom is -0.481 e. The molecule has 1 heterocycles. The zero-order chi connectivity index (χ0) is 23.7. The number of nitrogens with zero attached hydrogens (tertiary/aromatic N) is 1. The number of aliphatic carboxylic acids is 1. The molecule has 1 fully saturated rings. The van der Waals surface area contributed by atoms with Crippen molar-refractivity contribution in [2.75, 3.05) is 13.1 Å². The number of alkyl carbamates (subject to hydrolysis) is 1. The number of carbonyl (C=O) groups is 5. The van der Waals surface area contributed by atoms with E-state index in [9.17, 15) is 24.0 Å². The molecule has 9 nitrogen and oxygen atoms in total. The van der Waals surface area contributed by atoms with Gasteiger partial charge in [-0.25, -0.2) is 4.79 Å². The number of nitrogens with one attached hydrogen (secondary N) is 1. The maximum atomic E-state index is 13.0. The molecule has 0 aliphatic carbocycles. The molecule has 2 amide bonds. The second kappa shape index (κ2) is 11.4. The second-order valence-electron chi connectivity index (χ2n) is 8.21. The Kier molecular flexibility index (Phi) is 8.92. The number of carbonyl (C=O) groups excluding carboxylic acids is 4. The first kappa shape index (κ1) is 25.0. The lowest BCUT2D eigenvalue weighted by atomic mass is 9.84. The zero-order valence-electron chi connectivity index (χ0n) is 18.5. The third-order valence-corrected chi connectivity index (χ3v) is 5.85. The van der Waals surface area contributed by atoms with Gasteiger partial charge in [0, 0.05) is 25.3 Å². The number of amides is 2. The van der Waals surface area contributed by atoms with Crippen molar-refractivity contribution >= 4 is 29.5 Å². The van der Waals surface area contributed by atoms with E-state index in [4.69, 9.17) is 9.84 Å². The Morgan fingerprint density at radius 1 is 1.19 bits per heavy atom. The van der Waals surface area contributed by atoms with E-state index in [0.717, 1.165) is 5.56 Å². The van der Waals surface area contributed by atoms with Gasteiger partial charge in [0.2, 0.25) is 5.91 Å². The van der Waals surface area contributed by atoms with Gasteiger partial charge in [-0.15, -0.1) is 0 Å². The number of benzene rings is 1. The van der Waals surface area contributed by atoms with Crippen molar-refractivity contribution in [2.24, 2.45) is 5.92 Å². The Morgan fingerprint density at radius 2 is 1.88 bits per heavy atom. The van der Waals surface area contributed by atoms with Crippen LogP contribution in [0.2, 0.25) is 0 Å². The van der Waals surface area contributed by atoms with E-state index >= 15 is 0 Å². The third-order valence-electron chi connectivity index (χ3n) is 5.85. The van der Waals surface area contributed by atoms with Crippen LogP contribution in [0.25, 0.3) is 0 Å². The number of rotatable bonds is 11. The smallest absolute Gasteiger partial charge is 0.407 e. The van der Waals surface area contributed by atoms with Crippen molar-refractivity contribution in [3.63, 3.8) is 0 Å². The first-order valence-electron chi connectivity index (χ1n) is 10.6. The van der Waals surface area contributed by atoms with Gasteiger partial charge < -0.3 is 20.1 Å². The van der Waals surface area contributed by atoms with Crippen molar-refractivity contribution in [1.29, 1.82) is 0 Å². The summed E-state index contributed by atoms with van der Waals surface area (Å²) in [5.41, 5.74) is -0.279. The van der Waals surface area contributed by atoms with E-state index in [0.29, 0.717) is 19.4 Å². The van der Waals surface area contributed by atoms with Crippen LogP contribution in [0.5, 0.6) is 0 Å². The van der Waals surface area contributed by atoms with Crippen molar-refractivity contribution in [2.45, 2.75) is 58.1 Å². The van der Waals surface area contributed by atoms with Crippen molar-refractivity contribution in [3.8, 4) is 0 Å². The van der Waals surface area contributed by atoms with Gasteiger partial charge in [-0.05, 0) is 38.7 Å². The fourth-order valence-electron chi connectivity index (χ4n) is 3.86. The fourth-order valence-corrected chi connectivity index (χ4v) is 3.86. The number of ether oxygens (including phenoxy) is 1. The van der Waals surface area contributed by atoms with Crippen LogP contribution in [0.1, 0.15) is 51.5 Å². The van der Waals surface area contributed by atoms with Crippen LogP contribution in [0, 0.1) is 5.92 Å². The van der Waals surface area contributed by atoms with Crippen molar-refractivity contribution in [1.82, 2.24) is 10.2 Å². The van der Waals surface area contributed by atoms with Crippen LogP contribution >= 0.6 is 0 Å². The van der Waals surface area contributed by atoms with Crippen molar-refractivity contribution in [3.05, 3.63) is 35.9 Å². The highest BCUT2D eigenvalue weighted by Gasteiger charge is 2.45. The zero-order valence-corrected chi connectivity index (χ0v) is 18.5. The van der Waals surface area contributed by atoms with Gasteiger partial charge >= 0.3 is 12.1 Å². The Bertz CT molecular complexity index is 855. The molecule has 174 valence electrons. The van der Waals surface area contributed by atoms with E-state index in [2.05, 4.69) is 5.32 Å². The highest BCUT2D eigenvalue weighted by atomic mass is 16.5. The molecular formula is C23H30N2O7. The number of ketones is 2. The van der Waals surface area contributed by atoms with Crippen LogP contribution in [0.15, 0.2) is 30.3 Å². The van der Waals surface area contributed by atoms with E-state index in [1.807, 2.05) is 30.3 Å². The lowest BCUT2D eigenvalue weighted by Gasteiger charge is -2.35. The van der Waals surface area contributed by atoms with E-state index in [-0.39, 0.29) is 44.0 Å². The maximum Gasteiger partial charge on any atom is 0.407 e. The van der Waals surface area contributed by atoms with Gasteiger partial charge in [0.05, 0.1) is 5.54 Å². The molecule has 0 spiro atoms. The summed E-state index contributed by atoms with van der Waals surface area (Å²) in [6, 6.07) is 9.11. The Balaban J connectivity index is 1.91. The number of carboxylic acids is 1. The summed E-state index contributed by atoms with van der Waals surface area (Å²) in [6.45, 7) is 3.11. The average molecular weight is 447 g/mol. The predicted octanol–water partition coefficient (Wildman–Crippen LogP) is 2.32.